The molecule has 0 bridgehead atoms. The van der Waals surface area contributed by atoms with Gasteiger partial charge in [-0.05, 0) is 47.1 Å². The van der Waals surface area contributed by atoms with Crippen molar-refractivity contribution in [2.24, 2.45) is 0 Å². The number of rotatable bonds is 6. The summed E-state index contributed by atoms with van der Waals surface area (Å²) in [5.41, 5.74) is 5.35. The van der Waals surface area contributed by atoms with Gasteiger partial charge in [-0.3, -0.25) is 10.1 Å². The molecular weight excluding hydrogens is 448 g/mol. The summed E-state index contributed by atoms with van der Waals surface area (Å²) < 4.78 is 11.6. The van der Waals surface area contributed by atoms with Gasteiger partial charge in [0.1, 0.15) is 11.5 Å². The van der Waals surface area contributed by atoms with Crippen molar-refractivity contribution >= 4 is 5.91 Å². The Kier molecular flexibility index (Phi) is 6.76. The van der Waals surface area contributed by atoms with E-state index >= 15 is 0 Å². The zero-order chi connectivity index (χ0) is 25.3. The van der Waals surface area contributed by atoms with Crippen LogP contribution in [0.15, 0.2) is 66.7 Å². The molecule has 2 atom stereocenters. The molecule has 2 aliphatic rings. The Bertz CT molecular complexity index is 1230. The highest BCUT2D eigenvalue weighted by atomic mass is 16.5. The second-order valence-electron chi connectivity index (χ2n) is 10.8. The van der Waals surface area contributed by atoms with Crippen molar-refractivity contribution in [1.82, 2.24) is 10.2 Å². The van der Waals surface area contributed by atoms with Gasteiger partial charge < -0.3 is 14.4 Å². The lowest BCUT2D eigenvalue weighted by atomic mass is 9.86. The molecule has 5 nitrogen and oxygen atoms in total. The predicted octanol–water partition coefficient (Wildman–Crippen LogP) is 6.02. The summed E-state index contributed by atoms with van der Waals surface area (Å²) in [7, 11) is 1.71. The second kappa shape index (κ2) is 9.98. The van der Waals surface area contributed by atoms with Gasteiger partial charge in [0, 0.05) is 18.5 Å². The van der Waals surface area contributed by atoms with Crippen molar-refractivity contribution in [1.29, 1.82) is 0 Å². The van der Waals surface area contributed by atoms with E-state index in [4.69, 9.17) is 9.47 Å². The zero-order valence-corrected chi connectivity index (χ0v) is 21.7. The van der Waals surface area contributed by atoms with Crippen molar-refractivity contribution in [2.75, 3.05) is 13.7 Å². The van der Waals surface area contributed by atoms with E-state index in [1.165, 1.54) is 5.56 Å². The molecule has 2 heterocycles. The summed E-state index contributed by atoms with van der Waals surface area (Å²) in [5.74, 6) is 1.63. The van der Waals surface area contributed by atoms with E-state index in [-0.39, 0.29) is 23.5 Å². The highest BCUT2D eigenvalue weighted by molar-refractivity contribution is 5.98. The molecule has 1 N–H and O–H groups in total. The minimum absolute atomic E-state index is 0.0104. The van der Waals surface area contributed by atoms with E-state index < -0.39 is 0 Å². The third kappa shape index (κ3) is 4.72. The molecule has 1 saturated heterocycles. The van der Waals surface area contributed by atoms with Crippen molar-refractivity contribution in [3.63, 3.8) is 0 Å². The number of fused-ring (bicyclic) bond motifs is 1. The number of carbonyl (C=O) groups excluding carboxylic acids is 1. The fraction of sp³-hybridized carbons (Fsp3) is 0.387. The van der Waals surface area contributed by atoms with Gasteiger partial charge in [0.25, 0.3) is 5.91 Å². The summed E-state index contributed by atoms with van der Waals surface area (Å²) in [6.45, 7) is 7.90. The Morgan fingerprint density at radius 2 is 1.86 bits per heavy atom. The average Bonchev–Trinajstić information content (AvgIpc) is 3.54. The van der Waals surface area contributed by atoms with Crippen LogP contribution in [-0.4, -0.2) is 30.7 Å². The first-order valence-electron chi connectivity index (χ1n) is 12.9. The number of para-hydroxylation sites is 1. The first kappa shape index (κ1) is 24.4. The number of nitrogens with one attached hydrogen (secondary N) is 1. The minimum atomic E-state index is -0.0945. The van der Waals surface area contributed by atoms with Crippen LogP contribution in [0.5, 0.6) is 11.5 Å². The van der Waals surface area contributed by atoms with Gasteiger partial charge in [0.05, 0.1) is 31.5 Å². The zero-order valence-electron chi connectivity index (χ0n) is 21.7. The summed E-state index contributed by atoms with van der Waals surface area (Å²) in [5, 5.41) is 3.70. The van der Waals surface area contributed by atoms with Gasteiger partial charge in [-0.2, -0.15) is 0 Å². The molecule has 1 amide bonds. The Morgan fingerprint density at radius 1 is 1.06 bits per heavy atom. The van der Waals surface area contributed by atoms with E-state index in [1.807, 2.05) is 41.3 Å². The number of benzene rings is 3. The first-order valence-corrected chi connectivity index (χ1v) is 12.9. The van der Waals surface area contributed by atoms with E-state index in [0.29, 0.717) is 18.7 Å². The van der Waals surface area contributed by atoms with Crippen molar-refractivity contribution in [3.8, 4) is 11.5 Å². The van der Waals surface area contributed by atoms with Crippen LogP contribution in [0.2, 0.25) is 0 Å². The van der Waals surface area contributed by atoms with Crippen LogP contribution in [0.1, 0.15) is 72.3 Å². The Hall–Kier alpha value is -3.31. The normalized spacial score (nSPS) is 19.2. The van der Waals surface area contributed by atoms with Crippen LogP contribution in [0.4, 0.5) is 0 Å². The summed E-state index contributed by atoms with van der Waals surface area (Å²) in [4.78, 5) is 16.1. The maximum Gasteiger partial charge on any atom is 0.259 e. The molecule has 0 radical (unpaired) electrons. The van der Waals surface area contributed by atoms with E-state index in [2.05, 4.69) is 56.4 Å². The minimum Gasteiger partial charge on any atom is -0.496 e. The van der Waals surface area contributed by atoms with Crippen LogP contribution < -0.4 is 14.8 Å². The number of methoxy groups -OCH3 is 1. The Morgan fingerprint density at radius 3 is 2.61 bits per heavy atom. The molecule has 0 spiro atoms. The van der Waals surface area contributed by atoms with Gasteiger partial charge >= 0.3 is 0 Å². The molecule has 36 heavy (non-hydrogen) atoms. The standard InChI is InChI=1S/C31H36N2O3/c1-31(2,3)24-13-15-27(35-4)23(19-24)20-32-28-16-14-26(21-9-6-5-7-10-21)33(28)30(34)25-12-8-11-22-17-18-36-29(22)25/h5-13,15,19,26,28,32H,14,16-18,20H2,1-4H3. The lowest BCUT2D eigenvalue weighted by Gasteiger charge is -2.32. The molecular formula is C31H36N2O3. The molecule has 3 aromatic carbocycles. The average molecular weight is 485 g/mol. The van der Waals surface area contributed by atoms with Gasteiger partial charge in [0.15, 0.2) is 0 Å². The third-order valence-electron chi connectivity index (χ3n) is 7.42. The molecule has 0 aromatic heterocycles. The van der Waals surface area contributed by atoms with Gasteiger partial charge in [0.2, 0.25) is 0 Å². The maximum atomic E-state index is 14.1. The van der Waals surface area contributed by atoms with Crippen LogP contribution in [0, 0.1) is 0 Å². The lowest BCUT2D eigenvalue weighted by Crippen LogP contribution is -2.45. The lowest BCUT2D eigenvalue weighted by molar-refractivity contribution is 0.0628. The van der Waals surface area contributed by atoms with Crippen LogP contribution in [0.3, 0.4) is 0 Å². The van der Waals surface area contributed by atoms with Crippen molar-refractivity contribution in [3.05, 3.63) is 94.5 Å². The number of ether oxygens (including phenoxy) is 2. The summed E-state index contributed by atoms with van der Waals surface area (Å²) in [6, 6.07) is 22.7. The van der Waals surface area contributed by atoms with Crippen LogP contribution in [0.25, 0.3) is 0 Å². The predicted molar refractivity (Wildman–Crippen MR) is 143 cm³/mol. The largest absolute Gasteiger partial charge is 0.496 e. The van der Waals surface area contributed by atoms with E-state index in [9.17, 15) is 4.79 Å². The molecule has 188 valence electrons. The molecule has 3 aromatic rings. The maximum absolute atomic E-state index is 14.1. The molecule has 0 saturated carbocycles. The monoisotopic (exact) mass is 484 g/mol. The molecule has 2 aliphatic heterocycles. The number of carbonyl (C=O) groups is 1. The van der Waals surface area contributed by atoms with E-state index in [1.54, 1.807) is 7.11 Å². The van der Waals surface area contributed by atoms with Gasteiger partial charge in [-0.1, -0.05) is 75.4 Å². The van der Waals surface area contributed by atoms with Gasteiger partial charge in [-0.25, -0.2) is 0 Å². The number of hydrogen-bond donors (Lipinski definition) is 1. The van der Waals surface area contributed by atoms with Crippen LogP contribution in [-0.2, 0) is 18.4 Å². The molecule has 0 aliphatic carbocycles. The highest BCUT2D eigenvalue weighted by Gasteiger charge is 2.39. The number of nitrogens with zero attached hydrogens (tertiary/aromatic N) is 1. The highest BCUT2D eigenvalue weighted by Crippen LogP contribution is 2.39. The second-order valence-corrected chi connectivity index (χ2v) is 10.8. The summed E-state index contributed by atoms with van der Waals surface area (Å²) >= 11 is 0. The topological polar surface area (TPSA) is 50.8 Å². The third-order valence-corrected chi connectivity index (χ3v) is 7.42. The number of amides is 1. The van der Waals surface area contributed by atoms with E-state index in [0.717, 1.165) is 47.5 Å². The fourth-order valence-electron chi connectivity index (χ4n) is 5.43. The number of likely N-dealkylation sites (tertiary alicyclic amines) is 1. The van der Waals surface area contributed by atoms with Crippen molar-refractivity contribution in [2.45, 2.75) is 64.2 Å². The molecule has 2 unspecified atom stereocenters. The smallest absolute Gasteiger partial charge is 0.259 e. The molecule has 5 rings (SSSR count). The first-order chi connectivity index (χ1) is 17.4. The summed E-state index contributed by atoms with van der Waals surface area (Å²) in [6.07, 6.45) is 2.54. The SMILES string of the molecule is COc1ccc(C(C)(C)C)cc1CNC1CCC(c2ccccc2)N1C(=O)c1cccc2c1OCC2. The van der Waals surface area contributed by atoms with Gasteiger partial charge in [-0.15, -0.1) is 0 Å². The molecule has 1 fully saturated rings. The quantitative estimate of drug-likeness (QED) is 0.465. The Balaban J connectivity index is 1.45. The number of hydrogen-bond acceptors (Lipinski definition) is 4. The fourth-order valence-corrected chi connectivity index (χ4v) is 5.43. The van der Waals surface area contributed by atoms with Crippen molar-refractivity contribution < 1.29 is 14.3 Å². The van der Waals surface area contributed by atoms with Crippen LogP contribution >= 0.6 is 0 Å². The molecule has 5 heteroatoms. The Labute approximate surface area is 214 Å².